The van der Waals surface area contributed by atoms with E-state index in [1.165, 1.54) is 6.07 Å². The lowest BCUT2D eigenvalue weighted by molar-refractivity contribution is -0.123. The largest absolute Gasteiger partial charge is 0.392 e. The number of hydrogen-bond donors (Lipinski definition) is 3. The molecule has 1 amide bonds. The maximum atomic E-state index is 13.3. The summed E-state index contributed by atoms with van der Waals surface area (Å²) in [5.41, 5.74) is 0.458. The Morgan fingerprint density at radius 1 is 1.53 bits per heavy atom. The molecule has 2 atom stereocenters. The molecule has 1 heterocycles. The first kappa shape index (κ1) is 12.0. The van der Waals surface area contributed by atoms with Gasteiger partial charge in [-0.25, -0.2) is 4.39 Å². The van der Waals surface area contributed by atoms with Crippen LogP contribution in [0.4, 0.5) is 4.39 Å². The van der Waals surface area contributed by atoms with E-state index < -0.39 is 6.10 Å². The van der Waals surface area contributed by atoms with Crippen LogP contribution in [-0.4, -0.2) is 29.7 Å². The highest BCUT2D eigenvalue weighted by Crippen LogP contribution is 2.08. The average Bonchev–Trinajstić information content (AvgIpc) is 2.74. The first-order valence-corrected chi connectivity index (χ1v) is 5.59. The SMILES string of the molecule is O=C(NCc1ccccc1F)[C@@H]1C[C@@H](O)CN1. The number of amides is 1. The van der Waals surface area contributed by atoms with Gasteiger partial charge in [-0.15, -0.1) is 0 Å². The van der Waals surface area contributed by atoms with E-state index in [1.54, 1.807) is 18.2 Å². The van der Waals surface area contributed by atoms with E-state index in [0.717, 1.165) is 0 Å². The van der Waals surface area contributed by atoms with Crippen LogP contribution in [0.15, 0.2) is 24.3 Å². The summed E-state index contributed by atoms with van der Waals surface area (Å²) in [5, 5.41) is 14.8. The normalized spacial score (nSPS) is 23.6. The van der Waals surface area contributed by atoms with Crippen molar-refractivity contribution in [3.05, 3.63) is 35.6 Å². The molecule has 1 aliphatic rings. The maximum absolute atomic E-state index is 13.3. The Kier molecular flexibility index (Phi) is 3.71. The minimum Gasteiger partial charge on any atom is -0.392 e. The number of halogens is 1. The van der Waals surface area contributed by atoms with Crippen LogP contribution in [0.5, 0.6) is 0 Å². The lowest BCUT2D eigenvalue weighted by Gasteiger charge is -2.11. The van der Waals surface area contributed by atoms with Gasteiger partial charge in [0, 0.05) is 18.7 Å². The van der Waals surface area contributed by atoms with Crippen molar-refractivity contribution in [2.75, 3.05) is 6.54 Å². The second-order valence-corrected chi connectivity index (χ2v) is 4.16. The minimum atomic E-state index is -0.473. The first-order chi connectivity index (χ1) is 8.16. The lowest BCUT2D eigenvalue weighted by Crippen LogP contribution is -2.40. The predicted octanol–water partition coefficient (Wildman–Crippen LogP) is 0.165. The van der Waals surface area contributed by atoms with Crippen LogP contribution in [0.3, 0.4) is 0 Å². The highest BCUT2D eigenvalue weighted by Gasteiger charge is 2.27. The van der Waals surface area contributed by atoms with E-state index in [4.69, 9.17) is 0 Å². The van der Waals surface area contributed by atoms with E-state index in [2.05, 4.69) is 10.6 Å². The number of aliphatic hydroxyl groups is 1. The molecule has 1 aromatic rings. The fraction of sp³-hybridized carbons (Fsp3) is 0.417. The Bertz CT molecular complexity index is 411. The molecule has 1 aliphatic heterocycles. The Morgan fingerprint density at radius 2 is 2.29 bits per heavy atom. The van der Waals surface area contributed by atoms with Gasteiger partial charge in [0.25, 0.3) is 0 Å². The van der Waals surface area contributed by atoms with Gasteiger partial charge in [0.15, 0.2) is 0 Å². The third-order valence-corrected chi connectivity index (χ3v) is 2.84. The van der Waals surface area contributed by atoms with Crippen molar-refractivity contribution >= 4 is 5.91 Å². The van der Waals surface area contributed by atoms with E-state index in [9.17, 15) is 14.3 Å². The number of aliphatic hydroxyl groups excluding tert-OH is 1. The van der Waals surface area contributed by atoms with Crippen LogP contribution in [0.2, 0.25) is 0 Å². The third-order valence-electron chi connectivity index (χ3n) is 2.84. The van der Waals surface area contributed by atoms with Gasteiger partial charge in [-0.2, -0.15) is 0 Å². The molecule has 17 heavy (non-hydrogen) atoms. The van der Waals surface area contributed by atoms with Crippen molar-refractivity contribution in [2.24, 2.45) is 0 Å². The summed E-state index contributed by atoms with van der Waals surface area (Å²) in [4.78, 5) is 11.7. The Morgan fingerprint density at radius 3 is 2.94 bits per heavy atom. The van der Waals surface area contributed by atoms with Gasteiger partial charge in [0.05, 0.1) is 12.1 Å². The molecular formula is C12H15FN2O2. The van der Waals surface area contributed by atoms with Gasteiger partial charge in [-0.1, -0.05) is 18.2 Å². The summed E-state index contributed by atoms with van der Waals surface area (Å²) < 4.78 is 13.3. The van der Waals surface area contributed by atoms with E-state index in [0.29, 0.717) is 18.5 Å². The number of nitrogens with one attached hydrogen (secondary N) is 2. The van der Waals surface area contributed by atoms with Gasteiger partial charge in [-0.3, -0.25) is 4.79 Å². The molecule has 1 saturated heterocycles. The molecule has 0 radical (unpaired) electrons. The molecule has 1 fully saturated rings. The smallest absolute Gasteiger partial charge is 0.237 e. The van der Waals surface area contributed by atoms with Gasteiger partial charge >= 0.3 is 0 Å². The van der Waals surface area contributed by atoms with E-state index in [1.807, 2.05) is 0 Å². The zero-order chi connectivity index (χ0) is 12.3. The van der Waals surface area contributed by atoms with Crippen LogP contribution in [0.1, 0.15) is 12.0 Å². The molecule has 92 valence electrons. The standard InChI is InChI=1S/C12H15FN2O2/c13-10-4-2-1-3-8(10)6-15-12(17)11-5-9(16)7-14-11/h1-4,9,11,14,16H,5-7H2,(H,15,17)/t9-,11+/m1/s1. The van der Waals surface area contributed by atoms with Gasteiger partial charge in [0.1, 0.15) is 5.82 Å². The Labute approximate surface area is 98.8 Å². The molecule has 3 N–H and O–H groups in total. The maximum Gasteiger partial charge on any atom is 0.237 e. The van der Waals surface area contributed by atoms with Gasteiger partial charge in [0.2, 0.25) is 5.91 Å². The number of rotatable bonds is 3. The quantitative estimate of drug-likeness (QED) is 0.703. The first-order valence-electron chi connectivity index (χ1n) is 5.59. The molecule has 5 heteroatoms. The number of carbonyl (C=O) groups is 1. The zero-order valence-corrected chi connectivity index (χ0v) is 9.32. The molecule has 2 rings (SSSR count). The topological polar surface area (TPSA) is 61.4 Å². The predicted molar refractivity (Wildman–Crippen MR) is 60.7 cm³/mol. The van der Waals surface area contributed by atoms with Gasteiger partial charge < -0.3 is 15.7 Å². The lowest BCUT2D eigenvalue weighted by atomic mass is 10.1. The Hall–Kier alpha value is -1.46. The summed E-state index contributed by atoms with van der Waals surface area (Å²) in [7, 11) is 0. The van der Waals surface area contributed by atoms with Crippen LogP contribution in [0, 0.1) is 5.82 Å². The van der Waals surface area contributed by atoms with Crippen LogP contribution in [-0.2, 0) is 11.3 Å². The average molecular weight is 238 g/mol. The molecule has 0 saturated carbocycles. The monoisotopic (exact) mass is 238 g/mol. The third kappa shape index (κ3) is 3.01. The second-order valence-electron chi connectivity index (χ2n) is 4.16. The van der Waals surface area contributed by atoms with Crippen molar-refractivity contribution in [3.8, 4) is 0 Å². The van der Waals surface area contributed by atoms with Crippen molar-refractivity contribution in [2.45, 2.75) is 25.1 Å². The van der Waals surface area contributed by atoms with Crippen molar-refractivity contribution in [1.29, 1.82) is 0 Å². The number of benzene rings is 1. The molecule has 1 aromatic carbocycles. The second kappa shape index (κ2) is 5.25. The molecule has 0 bridgehead atoms. The summed E-state index contributed by atoms with van der Waals surface area (Å²) in [6, 6.07) is 5.94. The van der Waals surface area contributed by atoms with Crippen molar-refractivity contribution in [3.63, 3.8) is 0 Å². The van der Waals surface area contributed by atoms with Crippen LogP contribution >= 0.6 is 0 Å². The molecule has 4 nitrogen and oxygen atoms in total. The molecular weight excluding hydrogens is 223 g/mol. The van der Waals surface area contributed by atoms with Crippen molar-refractivity contribution < 1.29 is 14.3 Å². The van der Waals surface area contributed by atoms with E-state index >= 15 is 0 Å². The summed E-state index contributed by atoms with van der Waals surface area (Å²) >= 11 is 0. The molecule has 0 aromatic heterocycles. The highest BCUT2D eigenvalue weighted by molar-refractivity contribution is 5.82. The van der Waals surface area contributed by atoms with E-state index in [-0.39, 0.29) is 24.3 Å². The van der Waals surface area contributed by atoms with Gasteiger partial charge in [-0.05, 0) is 12.5 Å². The molecule has 0 unspecified atom stereocenters. The minimum absolute atomic E-state index is 0.166. The molecule has 0 spiro atoms. The number of hydrogen-bond acceptors (Lipinski definition) is 3. The fourth-order valence-corrected chi connectivity index (χ4v) is 1.86. The summed E-state index contributed by atoms with van der Waals surface area (Å²) in [5.74, 6) is -0.531. The molecule has 0 aliphatic carbocycles. The Balaban J connectivity index is 1.86. The summed E-state index contributed by atoms with van der Waals surface area (Å²) in [6.45, 7) is 0.595. The van der Waals surface area contributed by atoms with Crippen LogP contribution in [0.25, 0.3) is 0 Å². The fourth-order valence-electron chi connectivity index (χ4n) is 1.86. The highest BCUT2D eigenvalue weighted by atomic mass is 19.1. The zero-order valence-electron chi connectivity index (χ0n) is 9.32. The van der Waals surface area contributed by atoms with Crippen molar-refractivity contribution in [1.82, 2.24) is 10.6 Å². The van der Waals surface area contributed by atoms with Crippen LogP contribution < -0.4 is 10.6 Å². The summed E-state index contributed by atoms with van der Waals surface area (Å²) in [6.07, 6.45) is -0.0671. The number of carbonyl (C=O) groups excluding carboxylic acids is 1. The number of β-amino-alcohol motifs (C(OH)–C–C–N with tert-alkyl or cyclic N) is 1.